The molecule has 0 spiro atoms. The maximum absolute atomic E-state index is 3.68. The van der Waals surface area contributed by atoms with Crippen LogP contribution in [-0.4, -0.2) is 22.0 Å². The fourth-order valence-electron chi connectivity index (χ4n) is 0.522. The van der Waals surface area contributed by atoms with Gasteiger partial charge in [-0.3, -0.25) is 0 Å². The lowest BCUT2D eigenvalue weighted by Crippen LogP contribution is -2.22. The summed E-state index contributed by atoms with van der Waals surface area (Å²) in [7, 11) is 0. The Hall–Kier alpha value is -1.49. The molecule has 0 radical (unpaired) electrons. The molecule has 58 valence electrons. The van der Waals surface area contributed by atoms with Gasteiger partial charge in [0.2, 0.25) is 0 Å². The number of hydrazine groups is 1. The summed E-state index contributed by atoms with van der Waals surface area (Å²) >= 11 is 0. The first kappa shape index (κ1) is 7.62. The van der Waals surface area contributed by atoms with Gasteiger partial charge in [-0.2, -0.15) is 0 Å². The Morgan fingerprint density at radius 2 is 2.55 bits per heavy atom. The van der Waals surface area contributed by atoms with E-state index in [-0.39, 0.29) is 0 Å². The lowest BCUT2D eigenvalue weighted by Gasteiger charge is -2.01. The van der Waals surface area contributed by atoms with Gasteiger partial charge < -0.3 is 5.43 Å². The predicted octanol–water partition coefficient (Wildman–Crippen LogP) is -0.0259. The Morgan fingerprint density at radius 1 is 1.64 bits per heavy atom. The monoisotopic (exact) mass is 151 g/mol. The van der Waals surface area contributed by atoms with E-state index in [0.717, 1.165) is 0 Å². The van der Waals surface area contributed by atoms with E-state index in [0.29, 0.717) is 12.4 Å². The summed E-state index contributed by atoms with van der Waals surface area (Å²) in [5, 5.41) is 10.6. The Morgan fingerprint density at radius 3 is 3.18 bits per heavy atom. The lowest BCUT2D eigenvalue weighted by atomic mass is 10.6. The SMILES string of the molecule is C=CCNNc1ccnnn1. The van der Waals surface area contributed by atoms with Crippen molar-refractivity contribution in [2.75, 3.05) is 12.0 Å². The van der Waals surface area contributed by atoms with Gasteiger partial charge in [-0.25, -0.2) is 5.43 Å². The zero-order chi connectivity index (χ0) is 7.94. The maximum Gasteiger partial charge on any atom is 0.166 e. The summed E-state index contributed by atoms with van der Waals surface area (Å²) in [6.07, 6.45) is 3.30. The summed E-state index contributed by atoms with van der Waals surface area (Å²) in [5.41, 5.74) is 5.66. The van der Waals surface area contributed by atoms with Crippen molar-refractivity contribution in [2.45, 2.75) is 0 Å². The smallest absolute Gasteiger partial charge is 0.166 e. The van der Waals surface area contributed by atoms with Crippen molar-refractivity contribution in [3.8, 4) is 0 Å². The van der Waals surface area contributed by atoms with E-state index in [9.17, 15) is 0 Å². The van der Waals surface area contributed by atoms with Crippen molar-refractivity contribution in [3.63, 3.8) is 0 Å². The van der Waals surface area contributed by atoms with Crippen molar-refractivity contribution in [1.29, 1.82) is 0 Å². The topological polar surface area (TPSA) is 62.7 Å². The highest BCUT2D eigenvalue weighted by Gasteiger charge is 1.87. The van der Waals surface area contributed by atoms with Crippen LogP contribution in [0.1, 0.15) is 0 Å². The van der Waals surface area contributed by atoms with Gasteiger partial charge in [0.15, 0.2) is 5.82 Å². The van der Waals surface area contributed by atoms with Gasteiger partial charge in [0, 0.05) is 12.6 Å². The second-order valence-electron chi connectivity index (χ2n) is 1.80. The van der Waals surface area contributed by atoms with Gasteiger partial charge >= 0.3 is 0 Å². The third kappa shape index (κ3) is 2.72. The number of rotatable bonds is 4. The fourth-order valence-corrected chi connectivity index (χ4v) is 0.522. The number of nitrogens with zero attached hydrogens (tertiary/aromatic N) is 3. The van der Waals surface area contributed by atoms with Crippen LogP contribution >= 0.6 is 0 Å². The number of hydrogen-bond donors (Lipinski definition) is 2. The van der Waals surface area contributed by atoms with Crippen molar-refractivity contribution in [1.82, 2.24) is 20.8 Å². The van der Waals surface area contributed by atoms with Crippen molar-refractivity contribution < 1.29 is 0 Å². The van der Waals surface area contributed by atoms with Gasteiger partial charge in [0.25, 0.3) is 0 Å². The minimum Gasteiger partial charge on any atom is -0.304 e. The van der Waals surface area contributed by atoms with Crippen LogP contribution in [0.15, 0.2) is 24.9 Å². The van der Waals surface area contributed by atoms with E-state index < -0.39 is 0 Å². The summed E-state index contributed by atoms with van der Waals surface area (Å²) in [5.74, 6) is 0.641. The third-order valence-electron chi connectivity index (χ3n) is 0.966. The minimum atomic E-state index is 0.641. The van der Waals surface area contributed by atoms with Crippen LogP contribution in [0.5, 0.6) is 0 Å². The molecule has 1 rings (SSSR count). The van der Waals surface area contributed by atoms with Crippen LogP contribution in [0, 0.1) is 0 Å². The first-order valence-corrected chi connectivity index (χ1v) is 3.17. The van der Waals surface area contributed by atoms with Gasteiger partial charge in [-0.15, -0.1) is 16.8 Å². The molecule has 0 fully saturated rings. The number of nitrogens with one attached hydrogen (secondary N) is 2. The summed E-state index contributed by atoms with van der Waals surface area (Å²) < 4.78 is 0. The van der Waals surface area contributed by atoms with Crippen LogP contribution in [-0.2, 0) is 0 Å². The molecule has 1 aromatic rings. The molecule has 0 atom stereocenters. The van der Waals surface area contributed by atoms with Crippen LogP contribution in [0.2, 0.25) is 0 Å². The highest BCUT2D eigenvalue weighted by atomic mass is 15.4. The Balaban J connectivity index is 2.33. The third-order valence-corrected chi connectivity index (χ3v) is 0.966. The summed E-state index contributed by atoms with van der Waals surface area (Å²) in [4.78, 5) is 0. The average molecular weight is 151 g/mol. The Bertz CT molecular complexity index is 209. The number of hydrogen-bond acceptors (Lipinski definition) is 5. The van der Waals surface area contributed by atoms with E-state index in [1.807, 2.05) is 0 Å². The highest BCUT2D eigenvalue weighted by Crippen LogP contribution is 1.91. The van der Waals surface area contributed by atoms with E-state index in [2.05, 4.69) is 32.8 Å². The molecule has 0 aliphatic heterocycles. The second-order valence-corrected chi connectivity index (χ2v) is 1.80. The van der Waals surface area contributed by atoms with Crippen molar-refractivity contribution in [2.24, 2.45) is 0 Å². The van der Waals surface area contributed by atoms with Crippen LogP contribution in [0.4, 0.5) is 5.82 Å². The molecule has 1 heterocycles. The Labute approximate surface area is 64.5 Å². The zero-order valence-electron chi connectivity index (χ0n) is 5.99. The molecule has 1 aromatic heterocycles. The molecule has 11 heavy (non-hydrogen) atoms. The second kappa shape index (κ2) is 4.35. The first-order chi connectivity index (χ1) is 5.43. The van der Waals surface area contributed by atoms with Gasteiger partial charge in [-0.1, -0.05) is 6.08 Å². The number of anilines is 1. The van der Waals surface area contributed by atoms with Gasteiger partial charge in [0.1, 0.15) is 0 Å². The molecule has 2 N–H and O–H groups in total. The molecule has 5 nitrogen and oxygen atoms in total. The van der Waals surface area contributed by atoms with E-state index in [4.69, 9.17) is 0 Å². The van der Waals surface area contributed by atoms with Crippen LogP contribution < -0.4 is 10.9 Å². The van der Waals surface area contributed by atoms with Crippen LogP contribution in [0.3, 0.4) is 0 Å². The standard InChI is InChI=1S/C6H9N5/c1-2-4-7-9-6-3-5-8-11-10-6/h2-3,5,7H,1,4H2,(H,8,9,10). The van der Waals surface area contributed by atoms with E-state index in [1.165, 1.54) is 0 Å². The Kier molecular flexibility index (Phi) is 3.01. The molecule has 0 aliphatic rings. The van der Waals surface area contributed by atoms with Crippen LogP contribution in [0.25, 0.3) is 0 Å². The van der Waals surface area contributed by atoms with E-state index in [1.54, 1.807) is 18.3 Å². The molecule has 0 aliphatic carbocycles. The van der Waals surface area contributed by atoms with E-state index >= 15 is 0 Å². The molecular formula is C6H9N5. The number of aromatic nitrogens is 3. The van der Waals surface area contributed by atoms with Gasteiger partial charge in [-0.05, 0) is 5.21 Å². The average Bonchev–Trinajstić information content (AvgIpc) is 2.07. The maximum atomic E-state index is 3.68. The molecule has 0 aromatic carbocycles. The zero-order valence-corrected chi connectivity index (χ0v) is 5.99. The molecule has 0 bridgehead atoms. The first-order valence-electron chi connectivity index (χ1n) is 3.17. The van der Waals surface area contributed by atoms with Gasteiger partial charge in [0.05, 0.1) is 6.20 Å². The minimum absolute atomic E-state index is 0.641. The molecule has 0 saturated heterocycles. The molecule has 0 amide bonds. The fraction of sp³-hybridized carbons (Fsp3) is 0.167. The summed E-state index contributed by atoms with van der Waals surface area (Å²) in [6, 6.07) is 1.71. The summed E-state index contributed by atoms with van der Waals surface area (Å²) in [6.45, 7) is 4.21. The highest BCUT2D eigenvalue weighted by molar-refractivity contribution is 5.28. The van der Waals surface area contributed by atoms with Crippen molar-refractivity contribution >= 4 is 5.82 Å². The van der Waals surface area contributed by atoms with Crippen molar-refractivity contribution in [3.05, 3.63) is 24.9 Å². The molecule has 0 unspecified atom stereocenters. The lowest BCUT2D eigenvalue weighted by molar-refractivity contribution is 0.825. The quantitative estimate of drug-likeness (QED) is 0.359. The molecule has 0 saturated carbocycles. The largest absolute Gasteiger partial charge is 0.304 e. The molecular weight excluding hydrogens is 142 g/mol. The molecule has 5 heteroatoms. The normalized spacial score (nSPS) is 9.09. The predicted molar refractivity (Wildman–Crippen MR) is 41.6 cm³/mol.